The molecule has 3 nitrogen and oxygen atoms in total. The molecule has 0 aliphatic rings. The Labute approximate surface area is 145 Å². The van der Waals surface area contributed by atoms with E-state index in [1.807, 2.05) is 0 Å². The van der Waals surface area contributed by atoms with Crippen molar-refractivity contribution in [1.29, 1.82) is 0 Å². The average molecular weight is 342 g/mol. The second-order valence-corrected chi connectivity index (χ2v) is 7.23. The molecule has 0 radical (unpaired) electrons. The highest BCUT2D eigenvalue weighted by molar-refractivity contribution is 7.98. The zero-order valence-electron chi connectivity index (χ0n) is 13.5. The quantitative estimate of drug-likeness (QED) is 0.618. The summed E-state index contributed by atoms with van der Waals surface area (Å²) in [4.78, 5) is 1.29. The van der Waals surface area contributed by atoms with Gasteiger partial charge >= 0.3 is 0 Å². The maximum absolute atomic E-state index is 4.28. The van der Waals surface area contributed by atoms with Gasteiger partial charge in [-0.1, -0.05) is 41.6 Å². The van der Waals surface area contributed by atoms with E-state index in [-0.39, 0.29) is 0 Å². The van der Waals surface area contributed by atoms with E-state index in [0.29, 0.717) is 0 Å². The Bertz CT molecular complexity index is 794. The zero-order valence-corrected chi connectivity index (χ0v) is 15.1. The number of hydrogen-bond acceptors (Lipinski definition) is 4. The molecule has 3 aromatic rings. The molecule has 0 saturated heterocycles. The highest BCUT2D eigenvalue weighted by Crippen LogP contribution is 2.26. The predicted octanol–water partition coefficient (Wildman–Crippen LogP) is 4.90. The van der Waals surface area contributed by atoms with Crippen LogP contribution in [-0.4, -0.2) is 21.0 Å². The summed E-state index contributed by atoms with van der Waals surface area (Å²) in [7, 11) is 0. The zero-order chi connectivity index (χ0) is 16.2. The minimum atomic E-state index is 0.887. The van der Waals surface area contributed by atoms with Gasteiger partial charge in [0.05, 0.1) is 5.69 Å². The van der Waals surface area contributed by atoms with Crippen molar-refractivity contribution in [3.63, 3.8) is 0 Å². The molecule has 0 N–H and O–H groups in total. The second kappa shape index (κ2) is 7.23. The Morgan fingerprint density at radius 1 is 1.04 bits per heavy atom. The number of hydrogen-bond donors (Lipinski definition) is 0. The number of aromatic nitrogens is 3. The Morgan fingerprint density at radius 2 is 1.83 bits per heavy atom. The van der Waals surface area contributed by atoms with E-state index in [9.17, 15) is 0 Å². The van der Waals surface area contributed by atoms with Gasteiger partial charge in [-0.05, 0) is 49.4 Å². The van der Waals surface area contributed by atoms with E-state index >= 15 is 0 Å². The Kier molecular flexibility index (Phi) is 5.08. The maximum atomic E-state index is 4.28. The lowest BCUT2D eigenvalue weighted by molar-refractivity contribution is 0.877. The number of rotatable bonds is 5. The molecule has 0 spiro atoms. The van der Waals surface area contributed by atoms with Gasteiger partial charge in [-0.15, -0.1) is 22.0 Å². The second-order valence-electron chi connectivity index (χ2n) is 5.41. The molecule has 0 aliphatic heterocycles. The molecule has 0 unspecified atom stereocenters. The smallest absolute Gasteiger partial charge is 0.195 e. The third-order valence-corrected chi connectivity index (χ3v) is 5.41. The van der Waals surface area contributed by atoms with Crippen molar-refractivity contribution in [3.05, 3.63) is 65.5 Å². The van der Waals surface area contributed by atoms with Gasteiger partial charge in [0.15, 0.2) is 5.16 Å². The lowest BCUT2D eigenvalue weighted by Gasteiger charge is -2.10. The summed E-state index contributed by atoms with van der Waals surface area (Å²) in [5, 5.41) is 9.29. The molecule has 1 heterocycles. The Hall–Kier alpha value is -1.72. The van der Waals surface area contributed by atoms with E-state index in [2.05, 4.69) is 77.3 Å². The third kappa shape index (κ3) is 3.79. The molecular weight excluding hydrogens is 322 g/mol. The van der Waals surface area contributed by atoms with Crippen LogP contribution in [0.3, 0.4) is 0 Å². The van der Waals surface area contributed by atoms with Crippen LogP contribution in [0.2, 0.25) is 0 Å². The van der Waals surface area contributed by atoms with Crippen LogP contribution in [-0.2, 0) is 5.75 Å². The van der Waals surface area contributed by atoms with Crippen LogP contribution in [0.25, 0.3) is 5.69 Å². The third-order valence-electron chi connectivity index (χ3n) is 3.66. The van der Waals surface area contributed by atoms with E-state index in [1.54, 1.807) is 29.9 Å². The first-order chi connectivity index (χ1) is 11.2. The van der Waals surface area contributed by atoms with Crippen molar-refractivity contribution in [3.8, 4) is 5.69 Å². The van der Waals surface area contributed by atoms with Crippen LogP contribution < -0.4 is 0 Å². The van der Waals surface area contributed by atoms with Gasteiger partial charge in [-0.2, -0.15) is 0 Å². The summed E-state index contributed by atoms with van der Waals surface area (Å²) in [5.74, 6) is 0.887. The highest BCUT2D eigenvalue weighted by atomic mass is 32.2. The normalized spacial score (nSPS) is 10.9. The largest absolute Gasteiger partial charge is 0.276 e. The van der Waals surface area contributed by atoms with E-state index in [0.717, 1.165) is 16.6 Å². The van der Waals surface area contributed by atoms with Crippen molar-refractivity contribution in [2.75, 3.05) is 6.26 Å². The van der Waals surface area contributed by atoms with Gasteiger partial charge in [0.1, 0.15) is 6.33 Å². The Morgan fingerprint density at radius 3 is 2.52 bits per heavy atom. The molecule has 5 heteroatoms. The van der Waals surface area contributed by atoms with Crippen LogP contribution in [0, 0.1) is 13.8 Å². The highest BCUT2D eigenvalue weighted by Gasteiger charge is 2.09. The standard InChI is InChI=1S/C18H19N3S2/c1-13-4-9-17(14(2)10-13)21-12-19-20-18(21)23-11-15-5-7-16(22-3)8-6-15/h4-10,12H,11H2,1-3H3. The number of aryl methyl sites for hydroxylation is 2. The average Bonchev–Trinajstić information content (AvgIpc) is 3.01. The first kappa shape index (κ1) is 16.1. The fourth-order valence-electron chi connectivity index (χ4n) is 2.43. The Balaban J connectivity index is 1.78. The molecule has 0 saturated carbocycles. The summed E-state index contributed by atoms with van der Waals surface area (Å²) in [6.45, 7) is 4.23. The summed E-state index contributed by atoms with van der Waals surface area (Å²) < 4.78 is 2.07. The van der Waals surface area contributed by atoms with Gasteiger partial charge in [0.2, 0.25) is 0 Å². The molecule has 0 aliphatic carbocycles. The van der Waals surface area contributed by atoms with Crippen LogP contribution in [0.4, 0.5) is 0 Å². The van der Waals surface area contributed by atoms with Crippen molar-refractivity contribution in [2.45, 2.75) is 29.7 Å². The summed E-state index contributed by atoms with van der Waals surface area (Å²) >= 11 is 3.47. The molecule has 118 valence electrons. The fraction of sp³-hybridized carbons (Fsp3) is 0.222. The molecule has 0 bridgehead atoms. The maximum Gasteiger partial charge on any atom is 0.195 e. The first-order valence-corrected chi connectivity index (χ1v) is 9.62. The minimum absolute atomic E-state index is 0.887. The molecule has 0 amide bonds. The summed E-state index contributed by atoms with van der Waals surface area (Å²) in [5.41, 5.74) is 4.93. The van der Waals surface area contributed by atoms with Gasteiger partial charge in [-0.25, -0.2) is 0 Å². The SMILES string of the molecule is CSc1ccc(CSc2nncn2-c2ccc(C)cc2C)cc1. The van der Waals surface area contributed by atoms with Gasteiger partial charge in [0, 0.05) is 10.6 Å². The molecule has 0 fully saturated rings. The minimum Gasteiger partial charge on any atom is -0.276 e. The lowest BCUT2D eigenvalue weighted by Crippen LogP contribution is -1.98. The van der Waals surface area contributed by atoms with Crippen LogP contribution in [0.1, 0.15) is 16.7 Å². The topological polar surface area (TPSA) is 30.7 Å². The summed E-state index contributed by atoms with van der Waals surface area (Å²) in [6.07, 6.45) is 3.88. The predicted molar refractivity (Wildman–Crippen MR) is 98.6 cm³/mol. The number of nitrogens with zero attached hydrogens (tertiary/aromatic N) is 3. The van der Waals surface area contributed by atoms with Crippen molar-refractivity contribution in [2.24, 2.45) is 0 Å². The molecule has 2 aromatic carbocycles. The number of thioether (sulfide) groups is 2. The van der Waals surface area contributed by atoms with Gasteiger partial charge in [0.25, 0.3) is 0 Å². The van der Waals surface area contributed by atoms with Crippen LogP contribution in [0.5, 0.6) is 0 Å². The molecule has 1 aromatic heterocycles. The first-order valence-electron chi connectivity index (χ1n) is 7.41. The number of benzene rings is 2. The van der Waals surface area contributed by atoms with E-state index in [4.69, 9.17) is 0 Å². The fourth-order valence-corrected chi connectivity index (χ4v) is 3.72. The van der Waals surface area contributed by atoms with Crippen molar-refractivity contribution < 1.29 is 0 Å². The molecule has 23 heavy (non-hydrogen) atoms. The van der Waals surface area contributed by atoms with Gasteiger partial charge in [-0.3, -0.25) is 4.57 Å². The molecule has 0 atom stereocenters. The molecule has 3 rings (SSSR count). The summed E-state index contributed by atoms with van der Waals surface area (Å²) in [6, 6.07) is 15.1. The van der Waals surface area contributed by atoms with Crippen molar-refractivity contribution in [1.82, 2.24) is 14.8 Å². The lowest BCUT2D eigenvalue weighted by atomic mass is 10.1. The van der Waals surface area contributed by atoms with Crippen LogP contribution >= 0.6 is 23.5 Å². The monoisotopic (exact) mass is 341 g/mol. The molecular formula is C18H19N3S2. The van der Waals surface area contributed by atoms with Crippen molar-refractivity contribution >= 4 is 23.5 Å². The van der Waals surface area contributed by atoms with Gasteiger partial charge < -0.3 is 0 Å². The van der Waals surface area contributed by atoms with E-state index in [1.165, 1.54) is 21.6 Å². The van der Waals surface area contributed by atoms with Crippen LogP contribution in [0.15, 0.2) is 58.8 Å². The van der Waals surface area contributed by atoms with E-state index < -0.39 is 0 Å².